The number of rotatable bonds is 8. The molecule has 0 aliphatic rings. The number of para-hydroxylation sites is 1. The normalized spacial score (nSPS) is 11.6. The minimum Gasteiger partial charge on any atom is -0.746 e. The fourth-order valence-electron chi connectivity index (χ4n) is 4.47. The third-order valence-corrected chi connectivity index (χ3v) is 8.54. The molecule has 0 aliphatic carbocycles. The summed E-state index contributed by atoms with van der Waals surface area (Å²) < 4.78 is 71.1. The van der Waals surface area contributed by atoms with E-state index in [0.717, 1.165) is 11.8 Å². The van der Waals surface area contributed by atoms with Crippen LogP contribution < -0.4 is 94.0 Å². The van der Waals surface area contributed by atoms with Crippen LogP contribution in [0.1, 0.15) is 16.7 Å². The van der Waals surface area contributed by atoms with Crippen LogP contribution in [0, 0.1) is 26.8 Å². The third-order valence-electron chi connectivity index (χ3n) is 6.76. The van der Waals surface area contributed by atoms with Crippen LogP contribution in [0.2, 0.25) is 0 Å². The van der Waals surface area contributed by atoms with Gasteiger partial charge in [-0.1, -0.05) is 30.0 Å². The van der Waals surface area contributed by atoms with Crippen LogP contribution in [-0.4, -0.2) is 31.0 Å². The maximum absolute atomic E-state index is 12.2. The number of nitrogens with one attached hydrogen (secondary N) is 1. The molecule has 0 bridgehead atoms. The molecule has 5 rings (SSSR count). The quantitative estimate of drug-likeness (QED) is 0.0855. The molecule has 0 saturated carbocycles. The maximum atomic E-state index is 12.2. The van der Waals surface area contributed by atoms with Crippen molar-refractivity contribution in [2.45, 2.75) is 30.6 Å². The van der Waals surface area contributed by atoms with Gasteiger partial charge in [-0.15, -0.1) is 22.8 Å². The minimum absolute atomic E-state index is 0. The summed E-state index contributed by atoms with van der Waals surface area (Å²) in [5, 5.41) is 31.0. The first-order chi connectivity index (χ1) is 21.2. The number of azo groups is 2. The zero-order chi connectivity index (χ0) is 32.5. The Labute approximate surface area is 344 Å². The van der Waals surface area contributed by atoms with Gasteiger partial charge in [0, 0.05) is 16.8 Å². The van der Waals surface area contributed by atoms with Crippen molar-refractivity contribution < 1.29 is 120 Å². The molecule has 0 radical (unpaired) electrons. The summed E-state index contributed by atoms with van der Waals surface area (Å²) in [4.78, 5) is -1.25. The molecule has 0 spiro atoms. The van der Waals surface area contributed by atoms with Crippen LogP contribution in [0.4, 0.5) is 34.1 Å². The van der Waals surface area contributed by atoms with E-state index in [1.54, 1.807) is 44.2 Å². The molecule has 17 heteroatoms. The molecule has 48 heavy (non-hydrogen) atoms. The molecule has 0 atom stereocenters. The van der Waals surface area contributed by atoms with Crippen molar-refractivity contribution in [3.05, 3.63) is 102 Å². The summed E-state index contributed by atoms with van der Waals surface area (Å²) in [5.41, 5.74) is 2.97. The van der Waals surface area contributed by atoms with E-state index in [9.17, 15) is 31.0 Å². The Morgan fingerprint density at radius 1 is 0.667 bits per heavy atom. The van der Waals surface area contributed by atoms with Crippen LogP contribution in [0.5, 0.6) is 5.75 Å². The predicted octanol–water partition coefficient (Wildman–Crippen LogP) is -1.33. The molecule has 5 aromatic rings. The largest absolute Gasteiger partial charge is 1.00 e. The van der Waals surface area contributed by atoms with E-state index in [4.69, 9.17) is 0 Å². The van der Waals surface area contributed by atoms with Crippen LogP contribution in [0.3, 0.4) is 0 Å². The fraction of sp³-hybridized carbons (Fsp3) is 0.0968. The van der Waals surface area contributed by atoms with E-state index in [1.165, 1.54) is 19.1 Å². The average molecular weight is 712 g/mol. The molecule has 0 unspecified atom stereocenters. The monoisotopic (exact) mass is 711 g/mol. The molecule has 5 aromatic carbocycles. The van der Waals surface area contributed by atoms with Gasteiger partial charge in [0.15, 0.2) is 5.75 Å². The van der Waals surface area contributed by atoms with Crippen LogP contribution in [0.25, 0.3) is 10.8 Å². The number of hydrogen-bond donors (Lipinski definition) is 2. The number of hydrogen-bond acceptors (Lipinski definition) is 12. The number of benzene rings is 5. The number of aryl methyl sites for hydroxylation is 3. The van der Waals surface area contributed by atoms with Crippen molar-refractivity contribution in [2.75, 3.05) is 5.32 Å². The molecule has 0 heterocycles. The van der Waals surface area contributed by atoms with Crippen molar-refractivity contribution in [1.29, 1.82) is 0 Å². The van der Waals surface area contributed by atoms with Gasteiger partial charge in [-0.05, 0) is 84.6 Å². The van der Waals surface area contributed by atoms with E-state index in [-0.39, 0.29) is 105 Å². The smallest absolute Gasteiger partial charge is 0.746 e. The number of anilines is 2. The van der Waals surface area contributed by atoms with Crippen molar-refractivity contribution in [3.8, 4) is 5.75 Å². The summed E-state index contributed by atoms with van der Waals surface area (Å²) >= 11 is 0. The Morgan fingerprint density at radius 3 is 1.85 bits per heavy atom. The predicted molar refractivity (Wildman–Crippen MR) is 166 cm³/mol. The number of phenols is 1. The molecule has 2 N–H and O–H groups in total. The number of nitrogens with zero attached hydrogens (tertiary/aromatic N) is 4. The van der Waals surface area contributed by atoms with E-state index in [2.05, 4.69) is 31.8 Å². The molecule has 0 saturated heterocycles. The molecular weight excluding hydrogens is 687 g/mol. The SMILES string of the molecule is Cc1ccc(N=Nc2cc(C)c(N=Nc3c(S(=O)(=O)[O-])cc4cc(Nc5ccccc5)ccc4c3O)cc2C)[c-]c1S(=O)(=O)[O-].[Na+].[Na+].[Na+]. The number of phenolic OH excluding ortho intramolecular Hbond substituents is 1. The molecule has 0 amide bonds. The Kier molecular flexibility index (Phi) is 15.2. The van der Waals surface area contributed by atoms with Gasteiger partial charge in [-0.25, -0.2) is 16.8 Å². The minimum atomic E-state index is -5.07. The van der Waals surface area contributed by atoms with Gasteiger partial charge in [0.25, 0.3) is 0 Å². The Hall–Kier alpha value is -2.02. The third kappa shape index (κ3) is 10.0. The van der Waals surface area contributed by atoms with Gasteiger partial charge in [-0.3, -0.25) is 0 Å². The van der Waals surface area contributed by atoms with Gasteiger partial charge in [-0.2, -0.15) is 21.4 Å². The van der Waals surface area contributed by atoms with Crippen molar-refractivity contribution in [1.82, 2.24) is 0 Å². The summed E-state index contributed by atoms with van der Waals surface area (Å²) in [6.07, 6.45) is 0. The standard InChI is InChI=1S/C31H26N5O7S2.3Na/c1-18-9-10-24(17-28(18)44(38,39)40)33-34-26-13-20(3)27(14-19(26)2)35-36-30-29(45(41,42)43)16-21-15-23(11-12-25(21)31(30)37)32-22-7-5-4-6-8-22;;;/h4-16,32,37H,1-3H3,(H,38,39,40)(H,41,42,43);;;/q-1;3*+1/p-2. The van der Waals surface area contributed by atoms with Gasteiger partial charge in [0.2, 0.25) is 0 Å². The summed E-state index contributed by atoms with van der Waals surface area (Å²) in [6, 6.07) is 23.8. The molecule has 0 aromatic heterocycles. The number of aromatic hydroxyl groups is 1. The van der Waals surface area contributed by atoms with Crippen LogP contribution >= 0.6 is 0 Å². The zero-order valence-corrected chi connectivity index (χ0v) is 34.6. The van der Waals surface area contributed by atoms with Crippen molar-refractivity contribution in [2.24, 2.45) is 20.5 Å². The van der Waals surface area contributed by atoms with Crippen molar-refractivity contribution >= 4 is 65.1 Å². The van der Waals surface area contributed by atoms with Crippen LogP contribution in [-0.2, 0) is 20.2 Å². The zero-order valence-electron chi connectivity index (χ0n) is 27.0. The second-order valence-electron chi connectivity index (χ2n) is 10.1. The molecule has 0 aliphatic heterocycles. The van der Waals surface area contributed by atoms with E-state index < -0.39 is 41.5 Å². The molecular formula is C31H24N5Na3O7S2. The molecule has 0 fully saturated rings. The van der Waals surface area contributed by atoms with E-state index in [1.807, 2.05) is 30.3 Å². The first-order valence-electron chi connectivity index (χ1n) is 13.2. The Morgan fingerprint density at radius 2 is 1.27 bits per heavy atom. The summed E-state index contributed by atoms with van der Waals surface area (Å²) in [5.74, 6) is -0.523. The second kappa shape index (κ2) is 17.3. The van der Waals surface area contributed by atoms with Gasteiger partial charge in [0.1, 0.15) is 25.9 Å². The fourth-order valence-corrected chi connectivity index (χ4v) is 5.81. The molecule has 230 valence electrons. The number of fused-ring (bicyclic) bond motifs is 1. The first-order valence-corrected chi connectivity index (χ1v) is 16.0. The van der Waals surface area contributed by atoms with E-state index in [0.29, 0.717) is 33.6 Å². The average Bonchev–Trinajstić information content (AvgIpc) is 2.97. The molecule has 12 nitrogen and oxygen atoms in total. The maximum Gasteiger partial charge on any atom is 1.00 e. The summed E-state index contributed by atoms with van der Waals surface area (Å²) in [7, 11) is -9.81. The van der Waals surface area contributed by atoms with E-state index >= 15 is 0 Å². The Bertz CT molecular complexity index is 2250. The van der Waals surface area contributed by atoms with Gasteiger partial charge >= 0.3 is 88.7 Å². The first kappa shape index (κ1) is 42.1. The second-order valence-corrected chi connectivity index (χ2v) is 12.8. The van der Waals surface area contributed by atoms with Crippen molar-refractivity contribution in [3.63, 3.8) is 0 Å². The summed E-state index contributed by atoms with van der Waals surface area (Å²) in [6.45, 7) is 4.84. The topological polar surface area (TPSA) is 196 Å². The van der Waals surface area contributed by atoms with Crippen LogP contribution in [0.15, 0.2) is 109 Å². The van der Waals surface area contributed by atoms with Gasteiger partial charge < -0.3 is 19.5 Å². The Balaban J connectivity index is 0.00000267. The van der Waals surface area contributed by atoms with Gasteiger partial charge in [0.05, 0.1) is 16.3 Å².